The maximum Gasteiger partial charge on any atom is 0.417 e. The first-order chi connectivity index (χ1) is 16.7. The third-order valence-corrected chi connectivity index (χ3v) is 6.52. The van der Waals surface area contributed by atoms with Crippen LogP contribution in [0, 0.1) is 18.7 Å². The normalized spacial score (nSPS) is 21.7. The van der Waals surface area contributed by atoms with E-state index in [1.165, 1.54) is 12.3 Å². The summed E-state index contributed by atoms with van der Waals surface area (Å²) in [5.41, 5.74) is 0.461. The van der Waals surface area contributed by atoms with Gasteiger partial charge in [0.2, 0.25) is 5.88 Å². The van der Waals surface area contributed by atoms with Crippen LogP contribution < -0.4 is 4.74 Å². The van der Waals surface area contributed by atoms with Crippen LogP contribution in [0.4, 0.5) is 17.6 Å². The van der Waals surface area contributed by atoms with Gasteiger partial charge in [-0.25, -0.2) is 19.3 Å². The van der Waals surface area contributed by atoms with E-state index < -0.39 is 23.7 Å². The van der Waals surface area contributed by atoms with Crippen molar-refractivity contribution in [1.29, 1.82) is 0 Å². The number of fused-ring (bicyclic) bond motifs is 3. The van der Waals surface area contributed by atoms with E-state index >= 15 is 0 Å². The molecule has 1 saturated carbocycles. The van der Waals surface area contributed by atoms with E-state index in [4.69, 9.17) is 4.74 Å². The summed E-state index contributed by atoms with van der Waals surface area (Å²) in [5.74, 6) is -0.451. The second kappa shape index (κ2) is 8.86. The molecule has 2 aliphatic heterocycles. The number of piperidine rings is 2. The molecule has 2 saturated heterocycles. The number of hydrogen-bond acceptors (Lipinski definition) is 6. The molecule has 2 bridgehead atoms. The van der Waals surface area contributed by atoms with Crippen LogP contribution in [0.25, 0.3) is 11.4 Å². The third kappa shape index (κ3) is 4.54. The standard InChI is InChI=1S/C24H21F4N5O2/c1-13-6-7-29-21(20(13)22-31-10-16(25)11-32-22)23(34)33-12-14-2-4-17(33)18(8-14)35-19-5-3-15(9-30-19)24(26,27)28/h3,5-7,9-11,14,17-18H,2,4,8,12H2,1H3. The van der Waals surface area contributed by atoms with E-state index in [2.05, 4.69) is 19.9 Å². The predicted molar refractivity (Wildman–Crippen MR) is 116 cm³/mol. The van der Waals surface area contributed by atoms with Crippen LogP contribution in [0.3, 0.4) is 0 Å². The highest BCUT2D eigenvalue weighted by Crippen LogP contribution is 2.39. The number of hydrogen-bond donors (Lipinski definition) is 0. The number of alkyl halides is 3. The van der Waals surface area contributed by atoms with Crippen molar-refractivity contribution in [2.45, 2.75) is 44.5 Å². The minimum Gasteiger partial charge on any atom is -0.472 e. The first-order valence-electron chi connectivity index (χ1n) is 11.1. The van der Waals surface area contributed by atoms with E-state index in [1.807, 2.05) is 0 Å². The van der Waals surface area contributed by atoms with Crippen molar-refractivity contribution < 1.29 is 27.1 Å². The summed E-state index contributed by atoms with van der Waals surface area (Å²) in [6.45, 7) is 2.31. The van der Waals surface area contributed by atoms with Gasteiger partial charge in [0.15, 0.2) is 11.6 Å². The first-order valence-corrected chi connectivity index (χ1v) is 11.1. The Morgan fingerprint density at radius 2 is 1.83 bits per heavy atom. The van der Waals surface area contributed by atoms with Crippen molar-refractivity contribution in [3.05, 3.63) is 65.6 Å². The molecule has 3 unspecified atom stereocenters. The van der Waals surface area contributed by atoms with Gasteiger partial charge in [-0.3, -0.25) is 9.78 Å². The van der Waals surface area contributed by atoms with E-state index in [1.54, 1.807) is 17.9 Å². The molecule has 0 aromatic carbocycles. The van der Waals surface area contributed by atoms with E-state index in [9.17, 15) is 22.4 Å². The zero-order valence-corrected chi connectivity index (χ0v) is 18.7. The van der Waals surface area contributed by atoms with Crippen molar-refractivity contribution in [1.82, 2.24) is 24.8 Å². The Morgan fingerprint density at radius 3 is 2.49 bits per heavy atom. The number of carbonyl (C=O) groups is 1. The van der Waals surface area contributed by atoms with Gasteiger partial charge in [-0.2, -0.15) is 13.2 Å². The molecule has 3 atom stereocenters. The van der Waals surface area contributed by atoms with Crippen LogP contribution >= 0.6 is 0 Å². The summed E-state index contributed by atoms with van der Waals surface area (Å²) in [6, 6.07) is 3.56. The summed E-state index contributed by atoms with van der Waals surface area (Å²) < 4.78 is 57.9. The summed E-state index contributed by atoms with van der Waals surface area (Å²) in [4.78, 5) is 31.6. The van der Waals surface area contributed by atoms with Gasteiger partial charge < -0.3 is 9.64 Å². The molecular weight excluding hydrogens is 466 g/mol. The van der Waals surface area contributed by atoms with Crippen LogP contribution in [0.5, 0.6) is 5.88 Å². The fourth-order valence-electron chi connectivity index (χ4n) is 4.84. The van der Waals surface area contributed by atoms with Crippen LogP contribution in [0.1, 0.15) is 40.9 Å². The summed E-state index contributed by atoms with van der Waals surface area (Å²) in [5, 5.41) is 0. The second-order valence-electron chi connectivity index (χ2n) is 8.82. The Labute approximate surface area is 198 Å². The average molecular weight is 487 g/mol. The predicted octanol–water partition coefficient (Wildman–Crippen LogP) is 4.47. The van der Waals surface area contributed by atoms with Gasteiger partial charge in [-0.15, -0.1) is 0 Å². The molecular formula is C24H21F4N5O2. The molecule has 1 amide bonds. The molecule has 6 rings (SSSR count). The molecule has 3 aliphatic rings. The number of ether oxygens (including phenoxy) is 1. The molecule has 3 fully saturated rings. The lowest BCUT2D eigenvalue weighted by Gasteiger charge is -2.49. The highest BCUT2D eigenvalue weighted by Gasteiger charge is 2.45. The van der Waals surface area contributed by atoms with Gasteiger partial charge in [0.05, 0.1) is 29.6 Å². The Hall–Kier alpha value is -3.63. The second-order valence-corrected chi connectivity index (χ2v) is 8.82. The van der Waals surface area contributed by atoms with Gasteiger partial charge in [-0.1, -0.05) is 0 Å². The summed E-state index contributed by atoms with van der Waals surface area (Å²) in [7, 11) is 0. The highest BCUT2D eigenvalue weighted by molar-refractivity contribution is 5.99. The Bertz CT molecular complexity index is 1230. The maximum atomic E-state index is 13.7. The first kappa shape index (κ1) is 23.1. The van der Waals surface area contributed by atoms with E-state index in [-0.39, 0.29) is 35.3 Å². The van der Waals surface area contributed by atoms with Crippen molar-refractivity contribution in [3.8, 4) is 17.3 Å². The molecule has 7 nitrogen and oxygen atoms in total. The average Bonchev–Trinajstić information content (AvgIpc) is 2.84. The van der Waals surface area contributed by atoms with Crippen LogP contribution in [0.2, 0.25) is 0 Å². The number of halogens is 4. The molecule has 3 aromatic rings. The summed E-state index contributed by atoms with van der Waals surface area (Å²) in [6.07, 6.45) is 1.73. The molecule has 0 radical (unpaired) electrons. The molecule has 0 N–H and O–H groups in total. The molecule has 182 valence electrons. The van der Waals surface area contributed by atoms with Gasteiger partial charge in [0.1, 0.15) is 11.8 Å². The SMILES string of the molecule is Cc1ccnc(C(=O)N2CC3CCC2C(Oc2ccc(C(F)(F)F)cn2)C3)c1-c1ncc(F)cn1. The van der Waals surface area contributed by atoms with Crippen LogP contribution in [0.15, 0.2) is 43.0 Å². The van der Waals surface area contributed by atoms with Gasteiger partial charge >= 0.3 is 6.18 Å². The van der Waals surface area contributed by atoms with Crippen molar-refractivity contribution in [2.24, 2.45) is 5.92 Å². The Kier molecular flexibility index (Phi) is 5.86. The molecule has 35 heavy (non-hydrogen) atoms. The maximum absolute atomic E-state index is 13.7. The van der Waals surface area contributed by atoms with Crippen molar-refractivity contribution in [3.63, 3.8) is 0 Å². The number of aryl methyl sites for hydroxylation is 1. The molecule has 3 aromatic heterocycles. The quantitative estimate of drug-likeness (QED) is 0.505. The lowest BCUT2D eigenvalue weighted by Crippen LogP contribution is -2.59. The Balaban J connectivity index is 1.41. The molecule has 5 heterocycles. The monoisotopic (exact) mass is 487 g/mol. The number of amides is 1. The Morgan fingerprint density at radius 1 is 1.06 bits per heavy atom. The van der Waals surface area contributed by atoms with E-state index in [0.29, 0.717) is 24.9 Å². The number of nitrogens with zero attached hydrogens (tertiary/aromatic N) is 5. The minimum absolute atomic E-state index is 0.0806. The highest BCUT2D eigenvalue weighted by atomic mass is 19.4. The number of carbonyl (C=O) groups excluding carboxylic acids is 1. The number of pyridine rings is 2. The molecule has 0 spiro atoms. The number of rotatable bonds is 4. The van der Waals surface area contributed by atoms with Gasteiger partial charge in [-0.05, 0) is 49.8 Å². The van der Waals surface area contributed by atoms with Gasteiger partial charge in [0.25, 0.3) is 5.91 Å². The largest absolute Gasteiger partial charge is 0.472 e. The van der Waals surface area contributed by atoms with Gasteiger partial charge in [0, 0.05) is 25.0 Å². The van der Waals surface area contributed by atoms with Crippen LogP contribution in [-0.4, -0.2) is 49.4 Å². The molecule has 11 heteroatoms. The molecule has 1 aliphatic carbocycles. The smallest absolute Gasteiger partial charge is 0.417 e. The fourth-order valence-corrected chi connectivity index (χ4v) is 4.84. The zero-order valence-electron chi connectivity index (χ0n) is 18.7. The number of aromatic nitrogens is 4. The lowest BCUT2D eigenvalue weighted by atomic mass is 9.77. The van der Waals surface area contributed by atoms with E-state index in [0.717, 1.165) is 36.6 Å². The van der Waals surface area contributed by atoms with Crippen molar-refractivity contribution >= 4 is 5.91 Å². The third-order valence-electron chi connectivity index (χ3n) is 6.52. The van der Waals surface area contributed by atoms with Crippen LogP contribution in [-0.2, 0) is 6.18 Å². The fraction of sp³-hybridized carbons (Fsp3) is 0.375. The summed E-state index contributed by atoms with van der Waals surface area (Å²) >= 11 is 0. The minimum atomic E-state index is -4.48. The topological polar surface area (TPSA) is 81.1 Å². The zero-order chi connectivity index (χ0) is 24.7. The lowest BCUT2D eigenvalue weighted by molar-refractivity contribution is -0.137. The van der Waals surface area contributed by atoms with Crippen molar-refractivity contribution in [2.75, 3.05) is 6.54 Å².